The molecule has 1 aliphatic heterocycles. The van der Waals surface area contributed by atoms with E-state index in [9.17, 15) is 23.9 Å². The lowest BCUT2D eigenvalue weighted by Gasteiger charge is -2.19. The first kappa shape index (κ1) is 22.9. The van der Waals surface area contributed by atoms with E-state index < -0.39 is 52.4 Å². The number of H-pyrrole nitrogens is 1. The van der Waals surface area contributed by atoms with Crippen LogP contribution in [0.2, 0.25) is 0 Å². The Kier molecular flexibility index (Phi) is 6.43. The lowest BCUT2D eigenvalue weighted by molar-refractivity contribution is -0.322. The Bertz CT molecular complexity index is 1070. The van der Waals surface area contributed by atoms with Gasteiger partial charge in [0.25, 0.3) is 5.56 Å². The maximum atomic E-state index is 11.9. The average Bonchev–Trinajstić information content (AvgIpc) is 3.14. The van der Waals surface area contributed by atoms with Crippen LogP contribution in [0.3, 0.4) is 0 Å². The highest BCUT2D eigenvalue weighted by Crippen LogP contribution is 2.57. The lowest BCUT2D eigenvalue weighted by atomic mass is 10.1. The molecule has 30 heavy (non-hydrogen) atoms. The number of ether oxygens (including phenoxy) is 1. The van der Waals surface area contributed by atoms with Gasteiger partial charge in [-0.1, -0.05) is 0 Å². The second kappa shape index (κ2) is 8.41. The van der Waals surface area contributed by atoms with Gasteiger partial charge in [0.15, 0.2) is 23.5 Å². The summed E-state index contributed by atoms with van der Waals surface area (Å²) in [5.41, 5.74) is 4.76. The van der Waals surface area contributed by atoms with Crippen molar-refractivity contribution < 1.29 is 52.3 Å². The number of nitrogens with zero attached hydrogens (tertiary/aromatic N) is 3. The molecule has 2 aromatic heterocycles. The smallest absolute Gasteiger partial charge is 0.385 e. The molecular formula is C11H17N5O12P2. The van der Waals surface area contributed by atoms with Crippen LogP contribution in [0.25, 0.3) is 11.2 Å². The molecule has 0 aromatic carbocycles. The minimum atomic E-state index is -5.33. The monoisotopic (exact) mass is 473 g/mol. The number of hydrogen-bond acceptors (Lipinski definition) is 12. The van der Waals surface area contributed by atoms with Crippen molar-refractivity contribution in [3.8, 4) is 0 Å². The number of hydrogen-bond donors (Lipinski definition) is 6. The molecule has 2 aromatic rings. The summed E-state index contributed by atoms with van der Waals surface area (Å²) in [5.74, 6) is -0.220. The van der Waals surface area contributed by atoms with Gasteiger partial charge in [0.1, 0.15) is 12.2 Å². The number of nitrogen functional groups attached to an aromatic ring is 1. The second-order valence-corrected chi connectivity index (χ2v) is 8.72. The maximum Gasteiger partial charge on any atom is 0.481 e. The Balaban J connectivity index is 1.85. The highest BCUT2D eigenvalue weighted by atomic mass is 31.3. The van der Waals surface area contributed by atoms with E-state index in [-0.39, 0.29) is 17.1 Å². The molecule has 0 radical (unpaired) electrons. The molecule has 1 fully saturated rings. The van der Waals surface area contributed by atoms with Gasteiger partial charge in [0.2, 0.25) is 5.95 Å². The van der Waals surface area contributed by atoms with E-state index in [1.807, 2.05) is 0 Å². The number of nitrogens with two attached hydrogens (primary N) is 1. The number of aromatic nitrogens is 4. The number of rotatable bonds is 8. The van der Waals surface area contributed by atoms with Crippen molar-refractivity contribution in [3.63, 3.8) is 0 Å². The number of phosphoric ester groups is 1. The summed E-state index contributed by atoms with van der Waals surface area (Å²) in [6, 6.07) is 0. The largest absolute Gasteiger partial charge is 0.481 e. The Labute approximate surface area is 166 Å². The average molecular weight is 473 g/mol. The van der Waals surface area contributed by atoms with E-state index in [1.165, 1.54) is 4.57 Å². The van der Waals surface area contributed by atoms with Crippen molar-refractivity contribution in [2.75, 3.05) is 19.5 Å². The van der Waals surface area contributed by atoms with Crippen LogP contribution in [-0.4, -0.2) is 71.3 Å². The first-order chi connectivity index (χ1) is 13.9. The van der Waals surface area contributed by atoms with Gasteiger partial charge in [0, 0.05) is 0 Å². The molecule has 0 amide bonds. The number of imidazole rings is 1. The van der Waals surface area contributed by atoms with E-state index in [0.29, 0.717) is 0 Å². The molecule has 0 spiro atoms. The molecule has 168 valence electrons. The van der Waals surface area contributed by atoms with Crippen molar-refractivity contribution >= 4 is 32.8 Å². The SMILES string of the molecule is COO[C@H]1[C@@H](O)[C@H](n2cnc3c(=O)[nH]c(N)nc32)O[C@@H]1COP(=O)(O)OP(=O)(O)O. The summed E-state index contributed by atoms with van der Waals surface area (Å²) >= 11 is 0. The molecule has 0 saturated carbocycles. The van der Waals surface area contributed by atoms with Crippen LogP contribution in [0.4, 0.5) is 5.95 Å². The van der Waals surface area contributed by atoms with Gasteiger partial charge in [-0.2, -0.15) is 9.29 Å². The maximum absolute atomic E-state index is 11.9. The zero-order valence-corrected chi connectivity index (χ0v) is 16.8. The molecule has 3 heterocycles. The standard InChI is InChI=1S/C11H17N5O12P2/c1-24-27-7-4(2-25-30(22,23)28-29(19,20)21)26-10(6(7)17)16-3-13-5-8(16)14-11(12)15-9(5)18/h3-4,6-7,10,17H,2H2,1H3,(H,22,23)(H2,19,20,21)(H3,12,14,15,18)/t4-,6-,7-,10-/m1/s1. The topological polar surface area (TPSA) is 251 Å². The Morgan fingerprint density at radius 2 is 2.07 bits per heavy atom. The summed E-state index contributed by atoms with van der Waals surface area (Å²) in [4.78, 5) is 58.1. The van der Waals surface area contributed by atoms with Crippen LogP contribution in [0.1, 0.15) is 6.23 Å². The number of nitrogens with one attached hydrogen (secondary N) is 1. The van der Waals surface area contributed by atoms with Crippen molar-refractivity contribution in [3.05, 3.63) is 16.7 Å². The van der Waals surface area contributed by atoms with Crippen LogP contribution < -0.4 is 11.3 Å². The number of anilines is 1. The van der Waals surface area contributed by atoms with E-state index >= 15 is 0 Å². The van der Waals surface area contributed by atoms with Crippen molar-refractivity contribution in [2.24, 2.45) is 0 Å². The van der Waals surface area contributed by atoms with Gasteiger partial charge >= 0.3 is 15.6 Å². The molecule has 5 atom stereocenters. The predicted molar refractivity (Wildman–Crippen MR) is 93.3 cm³/mol. The zero-order chi connectivity index (χ0) is 22.3. The minimum absolute atomic E-state index is 0.0318. The van der Waals surface area contributed by atoms with Crippen molar-refractivity contribution in [1.29, 1.82) is 0 Å². The highest BCUT2D eigenvalue weighted by molar-refractivity contribution is 7.60. The van der Waals surface area contributed by atoms with E-state index in [4.69, 9.17) is 25.1 Å². The fourth-order valence-corrected chi connectivity index (χ4v) is 4.37. The third kappa shape index (κ3) is 4.93. The van der Waals surface area contributed by atoms with E-state index in [0.717, 1.165) is 13.4 Å². The number of aromatic amines is 1. The fourth-order valence-electron chi connectivity index (χ4n) is 2.77. The highest BCUT2D eigenvalue weighted by Gasteiger charge is 2.48. The first-order valence-corrected chi connectivity index (χ1v) is 10.9. The molecule has 0 aliphatic carbocycles. The van der Waals surface area contributed by atoms with Gasteiger partial charge in [-0.15, -0.1) is 0 Å². The van der Waals surface area contributed by atoms with Crippen LogP contribution in [0, 0.1) is 0 Å². The Morgan fingerprint density at radius 1 is 1.37 bits per heavy atom. The van der Waals surface area contributed by atoms with Crippen LogP contribution >= 0.6 is 15.6 Å². The van der Waals surface area contributed by atoms with Gasteiger partial charge in [-0.25, -0.2) is 23.9 Å². The first-order valence-electron chi connectivity index (χ1n) is 7.91. The van der Waals surface area contributed by atoms with E-state index in [2.05, 4.69) is 28.7 Å². The molecule has 1 aliphatic rings. The lowest BCUT2D eigenvalue weighted by Crippen LogP contribution is -2.36. The minimum Gasteiger partial charge on any atom is -0.385 e. The van der Waals surface area contributed by atoms with E-state index in [1.54, 1.807) is 0 Å². The summed E-state index contributed by atoms with van der Waals surface area (Å²) in [5, 5.41) is 10.6. The zero-order valence-electron chi connectivity index (χ0n) is 15.0. The molecule has 17 nitrogen and oxygen atoms in total. The summed E-state index contributed by atoms with van der Waals surface area (Å²) in [6.07, 6.45) is -4.21. The molecule has 1 saturated heterocycles. The summed E-state index contributed by atoms with van der Waals surface area (Å²) in [7, 11) is -9.38. The quantitative estimate of drug-likeness (QED) is 0.140. The molecular weight excluding hydrogens is 456 g/mol. The number of fused-ring (bicyclic) bond motifs is 1. The number of phosphoric acid groups is 2. The summed E-state index contributed by atoms with van der Waals surface area (Å²) in [6.45, 7) is -0.807. The summed E-state index contributed by atoms with van der Waals surface area (Å²) < 4.78 is 37.3. The molecule has 19 heteroatoms. The van der Waals surface area contributed by atoms with Crippen LogP contribution in [0.15, 0.2) is 11.1 Å². The second-order valence-electron chi connectivity index (χ2n) is 5.89. The van der Waals surface area contributed by atoms with Gasteiger partial charge < -0.3 is 30.3 Å². The molecule has 3 rings (SSSR count). The van der Waals surface area contributed by atoms with Crippen molar-refractivity contribution in [1.82, 2.24) is 19.5 Å². The molecule has 7 N–H and O–H groups in total. The van der Waals surface area contributed by atoms with Crippen LogP contribution in [0.5, 0.6) is 0 Å². The normalized spacial score (nSPS) is 26.8. The Morgan fingerprint density at radius 3 is 2.70 bits per heavy atom. The van der Waals surface area contributed by atoms with Gasteiger partial charge in [0.05, 0.1) is 20.0 Å². The van der Waals surface area contributed by atoms with Gasteiger partial charge in [-0.3, -0.25) is 18.9 Å². The molecule has 0 bridgehead atoms. The predicted octanol–water partition coefficient (Wildman–Crippen LogP) is -1.87. The third-order valence-electron chi connectivity index (χ3n) is 3.85. The van der Waals surface area contributed by atoms with Crippen LogP contribution in [-0.2, 0) is 32.5 Å². The third-order valence-corrected chi connectivity index (χ3v) is 6.00. The van der Waals surface area contributed by atoms with Gasteiger partial charge in [-0.05, 0) is 0 Å². The Hall–Kier alpha value is -1.75. The molecule has 1 unspecified atom stereocenters. The fraction of sp³-hybridized carbons (Fsp3) is 0.545. The number of aliphatic hydroxyl groups is 1. The van der Waals surface area contributed by atoms with Crippen molar-refractivity contribution in [2.45, 2.75) is 24.5 Å². The number of aliphatic hydroxyl groups excluding tert-OH is 1.